The third-order valence-corrected chi connectivity index (χ3v) is 7.83. The number of halogens is 3. The van der Waals surface area contributed by atoms with Crippen LogP contribution in [-0.4, -0.2) is 35.1 Å². The number of carbonyl (C=O) groups excluding carboxylic acids is 1. The number of anilines is 1. The Bertz CT molecular complexity index is 1190. The van der Waals surface area contributed by atoms with Crippen molar-refractivity contribution in [1.29, 1.82) is 0 Å². The van der Waals surface area contributed by atoms with Crippen molar-refractivity contribution in [3.05, 3.63) is 71.4 Å². The molecule has 1 aromatic heterocycles. The zero-order valence-electron chi connectivity index (χ0n) is 23.8. The van der Waals surface area contributed by atoms with E-state index in [0.29, 0.717) is 30.6 Å². The third-order valence-electron chi connectivity index (χ3n) is 7.83. The van der Waals surface area contributed by atoms with Gasteiger partial charge in [-0.1, -0.05) is 69.0 Å². The SMILES string of the molecule is CC1CCCCN(c2nc(C(F)(F)F)c(C(=O)NC3=CNC(C)C=C3)o2)C1.OC(c1ccccc1)C1CCCCC1. The second-order valence-electron chi connectivity index (χ2n) is 11.3. The van der Waals surface area contributed by atoms with E-state index in [1.165, 1.54) is 38.3 Å². The number of allylic oxidation sites excluding steroid dienone is 1. The van der Waals surface area contributed by atoms with Crippen molar-refractivity contribution >= 4 is 11.9 Å². The summed E-state index contributed by atoms with van der Waals surface area (Å²) in [4.78, 5) is 17.7. The number of alkyl halides is 3. The van der Waals surface area contributed by atoms with E-state index >= 15 is 0 Å². The molecule has 3 unspecified atom stereocenters. The molecule has 1 aromatic carbocycles. The molecule has 3 atom stereocenters. The Morgan fingerprint density at radius 2 is 1.80 bits per heavy atom. The lowest BCUT2D eigenvalue weighted by atomic mass is 9.83. The molecule has 224 valence electrons. The average molecular weight is 575 g/mol. The van der Waals surface area contributed by atoms with Crippen LogP contribution in [0.5, 0.6) is 0 Å². The lowest BCUT2D eigenvalue weighted by Crippen LogP contribution is -2.29. The van der Waals surface area contributed by atoms with E-state index in [9.17, 15) is 23.1 Å². The summed E-state index contributed by atoms with van der Waals surface area (Å²) < 4.78 is 45.6. The van der Waals surface area contributed by atoms with Crippen LogP contribution >= 0.6 is 0 Å². The van der Waals surface area contributed by atoms with Crippen LogP contribution in [0.2, 0.25) is 0 Å². The Hall–Kier alpha value is -3.27. The fourth-order valence-electron chi connectivity index (χ4n) is 5.53. The predicted octanol–water partition coefficient (Wildman–Crippen LogP) is 6.74. The summed E-state index contributed by atoms with van der Waals surface area (Å²) in [6, 6.07) is 9.98. The highest BCUT2D eigenvalue weighted by molar-refractivity contribution is 5.94. The summed E-state index contributed by atoms with van der Waals surface area (Å²) in [5, 5.41) is 15.5. The molecular weight excluding hydrogens is 533 g/mol. The molecule has 10 heteroatoms. The van der Waals surface area contributed by atoms with Crippen LogP contribution in [0.15, 0.2) is 58.8 Å². The first kappa shape index (κ1) is 30.7. The maximum atomic E-state index is 13.4. The molecule has 1 amide bonds. The minimum absolute atomic E-state index is 0.0818. The molecule has 7 nitrogen and oxygen atoms in total. The van der Waals surface area contributed by atoms with Gasteiger partial charge in [-0.25, -0.2) is 0 Å². The van der Waals surface area contributed by atoms with Crippen LogP contribution in [0.3, 0.4) is 0 Å². The molecule has 0 radical (unpaired) electrons. The van der Waals surface area contributed by atoms with Crippen molar-refractivity contribution in [1.82, 2.24) is 15.6 Å². The summed E-state index contributed by atoms with van der Waals surface area (Å²) >= 11 is 0. The Morgan fingerprint density at radius 3 is 2.46 bits per heavy atom. The number of rotatable bonds is 5. The molecule has 5 rings (SSSR count). The molecule has 2 fully saturated rings. The number of hydrogen-bond donors (Lipinski definition) is 3. The van der Waals surface area contributed by atoms with Gasteiger partial charge in [0, 0.05) is 25.3 Å². The Kier molecular flexibility index (Phi) is 10.5. The maximum absolute atomic E-state index is 13.4. The number of aromatic nitrogens is 1. The van der Waals surface area contributed by atoms with Gasteiger partial charge in [0.1, 0.15) is 0 Å². The van der Waals surface area contributed by atoms with Gasteiger partial charge in [0.2, 0.25) is 5.76 Å². The molecule has 41 heavy (non-hydrogen) atoms. The Balaban J connectivity index is 0.000000231. The van der Waals surface area contributed by atoms with Gasteiger partial charge < -0.3 is 25.1 Å². The molecule has 0 bridgehead atoms. The Labute approximate surface area is 239 Å². The first-order chi connectivity index (χ1) is 19.6. The van der Waals surface area contributed by atoms with E-state index in [2.05, 4.69) is 15.6 Å². The fourth-order valence-corrected chi connectivity index (χ4v) is 5.53. The monoisotopic (exact) mass is 574 g/mol. The van der Waals surface area contributed by atoms with Crippen LogP contribution in [0, 0.1) is 11.8 Å². The molecule has 1 saturated carbocycles. The lowest BCUT2D eigenvalue weighted by molar-refractivity contribution is -0.141. The van der Waals surface area contributed by atoms with Crippen molar-refractivity contribution in [2.45, 2.75) is 83.5 Å². The number of hydrogen-bond acceptors (Lipinski definition) is 6. The first-order valence-electron chi connectivity index (χ1n) is 14.6. The second kappa shape index (κ2) is 14.1. The summed E-state index contributed by atoms with van der Waals surface area (Å²) in [5.41, 5.74) is 0.139. The number of aliphatic hydroxyl groups is 1. The average Bonchev–Trinajstić information content (AvgIpc) is 3.33. The molecule has 0 spiro atoms. The highest BCUT2D eigenvalue weighted by atomic mass is 19.4. The van der Waals surface area contributed by atoms with E-state index in [1.807, 2.05) is 44.2 Å². The quantitative estimate of drug-likeness (QED) is 0.367. The fraction of sp³-hybridized carbons (Fsp3) is 0.548. The number of nitrogens with zero attached hydrogens (tertiary/aromatic N) is 2. The highest BCUT2D eigenvalue weighted by Crippen LogP contribution is 2.35. The van der Waals surface area contributed by atoms with Gasteiger partial charge in [0.05, 0.1) is 11.8 Å². The van der Waals surface area contributed by atoms with Gasteiger partial charge in [-0.15, -0.1) is 0 Å². The van der Waals surface area contributed by atoms with Crippen LogP contribution in [0.25, 0.3) is 0 Å². The molecule has 1 saturated heterocycles. The third kappa shape index (κ3) is 8.61. The molecule has 2 aromatic rings. The topological polar surface area (TPSA) is 90.6 Å². The number of dihydropyridines is 1. The number of amides is 1. The van der Waals surface area contributed by atoms with Crippen LogP contribution < -0.4 is 15.5 Å². The smallest absolute Gasteiger partial charge is 0.417 e. The Morgan fingerprint density at radius 1 is 1.10 bits per heavy atom. The highest BCUT2D eigenvalue weighted by Gasteiger charge is 2.42. The standard InChI is InChI=1S/C18H23F3N4O2.C13H18O/c1-11-5-3-4-8-25(10-11)17-24-15(18(19,20)21)14(27-17)16(26)23-13-7-6-12(2)22-9-13;14-13(11-7-3-1-4-8-11)12-9-5-2-6-10-12/h6-7,9,11-12,22H,3-5,8,10H2,1-2H3,(H,23,26);1,3-4,7-8,12-14H,2,5-6,9-10H2. The van der Waals surface area contributed by atoms with E-state index in [4.69, 9.17) is 4.42 Å². The van der Waals surface area contributed by atoms with Crippen molar-refractivity contribution in [3.63, 3.8) is 0 Å². The zero-order valence-corrected chi connectivity index (χ0v) is 23.8. The van der Waals surface area contributed by atoms with E-state index < -0.39 is 23.5 Å². The molecule has 2 aliphatic heterocycles. The van der Waals surface area contributed by atoms with Gasteiger partial charge in [-0.2, -0.15) is 18.2 Å². The van der Waals surface area contributed by atoms with Crippen molar-refractivity contribution in [2.24, 2.45) is 11.8 Å². The summed E-state index contributed by atoms with van der Waals surface area (Å²) in [5.74, 6) is -0.985. The normalized spacial score (nSPS) is 22.5. The summed E-state index contributed by atoms with van der Waals surface area (Å²) in [6.45, 7) is 5.04. The van der Waals surface area contributed by atoms with E-state index in [0.717, 1.165) is 24.8 Å². The number of nitrogens with one attached hydrogen (secondary N) is 2. The largest absolute Gasteiger partial charge is 0.437 e. The number of benzene rings is 1. The first-order valence-corrected chi connectivity index (χ1v) is 14.6. The molecule has 3 N–H and O–H groups in total. The van der Waals surface area contributed by atoms with E-state index in [-0.39, 0.29) is 18.2 Å². The molecule has 3 aliphatic rings. The van der Waals surface area contributed by atoms with E-state index in [1.54, 1.807) is 17.1 Å². The minimum atomic E-state index is -4.78. The van der Waals surface area contributed by atoms with Crippen molar-refractivity contribution in [3.8, 4) is 0 Å². The number of aliphatic hydroxyl groups excluding tert-OH is 1. The zero-order chi connectivity index (χ0) is 29.4. The predicted molar refractivity (Wildman–Crippen MR) is 152 cm³/mol. The van der Waals surface area contributed by atoms with Crippen LogP contribution in [0.1, 0.15) is 93.1 Å². The minimum Gasteiger partial charge on any atom is -0.417 e. The lowest BCUT2D eigenvalue weighted by Gasteiger charge is -2.26. The summed E-state index contributed by atoms with van der Waals surface area (Å²) in [7, 11) is 0. The molecular formula is C31H41F3N4O3. The maximum Gasteiger partial charge on any atom is 0.437 e. The molecule has 1 aliphatic carbocycles. The number of oxazole rings is 1. The van der Waals surface area contributed by atoms with Gasteiger partial charge in [-0.3, -0.25) is 4.79 Å². The molecule has 3 heterocycles. The summed E-state index contributed by atoms with van der Waals surface area (Å²) in [6.07, 6.45) is 9.07. The van der Waals surface area contributed by atoms with Crippen molar-refractivity contribution < 1.29 is 27.5 Å². The van der Waals surface area contributed by atoms with Gasteiger partial charge >= 0.3 is 6.18 Å². The number of carbonyl (C=O) groups is 1. The van der Waals surface area contributed by atoms with Crippen LogP contribution in [-0.2, 0) is 6.18 Å². The van der Waals surface area contributed by atoms with Gasteiger partial charge in [0.25, 0.3) is 11.9 Å². The van der Waals surface area contributed by atoms with Crippen LogP contribution in [0.4, 0.5) is 19.2 Å². The van der Waals surface area contributed by atoms with Crippen molar-refractivity contribution in [2.75, 3.05) is 18.0 Å². The van der Waals surface area contributed by atoms with Gasteiger partial charge in [0.15, 0.2) is 5.69 Å². The van der Waals surface area contributed by atoms with Gasteiger partial charge in [-0.05, 0) is 56.1 Å². The second-order valence-corrected chi connectivity index (χ2v) is 11.3.